The highest BCUT2D eigenvalue weighted by Gasteiger charge is 2.05. The van der Waals surface area contributed by atoms with E-state index in [0.717, 1.165) is 35.7 Å². The van der Waals surface area contributed by atoms with E-state index in [9.17, 15) is 0 Å². The molecular formula is C11H15N5. The van der Waals surface area contributed by atoms with Gasteiger partial charge >= 0.3 is 0 Å². The lowest BCUT2D eigenvalue weighted by atomic mass is 10.2. The third-order valence-electron chi connectivity index (χ3n) is 2.32. The van der Waals surface area contributed by atoms with Gasteiger partial charge in [0.25, 0.3) is 0 Å². The van der Waals surface area contributed by atoms with E-state index in [2.05, 4.69) is 20.2 Å². The summed E-state index contributed by atoms with van der Waals surface area (Å²) in [6.07, 6.45) is 3.63. The van der Waals surface area contributed by atoms with Gasteiger partial charge in [-0.3, -0.25) is 5.10 Å². The molecule has 2 aromatic heterocycles. The lowest BCUT2D eigenvalue weighted by molar-refractivity contribution is 0.804. The molecule has 0 saturated heterocycles. The van der Waals surface area contributed by atoms with Crippen LogP contribution in [0.15, 0.2) is 18.3 Å². The van der Waals surface area contributed by atoms with Crippen molar-refractivity contribution in [3.05, 3.63) is 29.8 Å². The second-order valence-electron chi connectivity index (χ2n) is 3.66. The maximum Gasteiger partial charge on any atom is 0.125 e. The predicted molar refractivity (Wildman–Crippen MR) is 61.7 cm³/mol. The minimum Gasteiger partial charge on any atom is -0.330 e. The standard InChI is InChI=1S/C11H15N5/c1-8-13-6-4-10(14-8)11-7-9(15-16-11)3-2-5-12/h4,6-7H,2-3,5,12H2,1H3,(H,15,16). The molecule has 0 radical (unpaired) electrons. The van der Waals surface area contributed by atoms with Crippen molar-refractivity contribution >= 4 is 0 Å². The first-order chi connectivity index (χ1) is 7.79. The summed E-state index contributed by atoms with van der Waals surface area (Å²) >= 11 is 0. The van der Waals surface area contributed by atoms with Crippen molar-refractivity contribution in [2.75, 3.05) is 6.54 Å². The molecule has 0 saturated carbocycles. The van der Waals surface area contributed by atoms with Crippen LogP contribution in [-0.2, 0) is 6.42 Å². The summed E-state index contributed by atoms with van der Waals surface area (Å²) in [6, 6.07) is 3.87. The van der Waals surface area contributed by atoms with Crippen LogP contribution in [0.25, 0.3) is 11.4 Å². The van der Waals surface area contributed by atoms with Crippen LogP contribution in [0.2, 0.25) is 0 Å². The highest BCUT2D eigenvalue weighted by Crippen LogP contribution is 2.15. The van der Waals surface area contributed by atoms with Gasteiger partial charge in [-0.15, -0.1) is 0 Å². The molecule has 0 bridgehead atoms. The van der Waals surface area contributed by atoms with Crippen molar-refractivity contribution in [3.63, 3.8) is 0 Å². The molecule has 5 nitrogen and oxygen atoms in total. The van der Waals surface area contributed by atoms with E-state index in [1.54, 1.807) is 6.20 Å². The van der Waals surface area contributed by atoms with Crippen LogP contribution in [0.4, 0.5) is 0 Å². The number of hydrogen-bond donors (Lipinski definition) is 2. The summed E-state index contributed by atoms with van der Waals surface area (Å²) in [6.45, 7) is 2.56. The van der Waals surface area contributed by atoms with Gasteiger partial charge < -0.3 is 5.73 Å². The molecule has 16 heavy (non-hydrogen) atoms. The summed E-state index contributed by atoms with van der Waals surface area (Å²) in [5, 5.41) is 7.22. The predicted octanol–water partition coefficient (Wildman–Crippen LogP) is 1.07. The Bertz CT molecular complexity index is 463. The zero-order valence-corrected chi connectivity index (χ0v) is 9.27. The monoisotopic (exact) mass is 217 g/mol. The van der Waals surface area contributed by atoms with Crippen LogP contribution in [-0.4, -0.2) is 26.7 Å². The van der Waals surface area contributed by atoms with Crippen molar-refractivity contribution in [2.45, 2.75) is 19.8 Å². The van der Waals surface area contributed by atoms with Crippen LogP contribution < -0.4 is 5.73 Å². The molecular weight excluding hydrogens is 202 g/mol. The van der Waals surface area contributed by atoms with E-state index in [0.29, 0.717) is 6.54 Å². The van der Waals surface area contributed by atoms with Gasteiger partial charge in [0, 0.05) is 11.9 Å². The largest absolute Gasteiger partial charge is 0.330 e. The highest BCUT2D eigenvalue weighted by atomic mass is 15.1. The Balaban J connectivity index is 2.18. The fourth-order valence-corrected chi connectivity index (χ4v) is 1.51. The molecule has 2 rings (SSSR count). The third kappa shape index (κ3) is 2.43. The maximum absolute atomic E-state index is 5.46. The second kappa shape index (κ2) is 4.85. The Kier molecular flexibility index (Phi) is 3.26. The average molecular weight is 217 g/mol. The second-order valence-corrected chi connectivity index (χ2v) is 3.66. The fraction of sp³-hybridized carbons (Fsp3) is 0.364. The topological polar surface area (TPSA) is 80.5 Å². The first kappa shape index (κ1) is 10.8. The molecule has 0 aliphatic rings. The van der Waals surface area contributed by atoms with E-state index >= 15 is 0 Å². The Hall–Kier alpha value is -1.75. The van der Waals surface area contributed by atoms with Crippen molar-refractivity contribution < 1.29 is 0 Å². The molecule has 0 amide bonds. The summed E-state index contributed by atoms with van der Waals surface area (Å²) in [5.74, 6) is 0.754. The summed E-state index contributed by atoms with van der Waals surface area (Å²) in [4.78, 5) is 8.37. The van der Waals surface area contributed by atoms with Crippen molar-refractivity contribution in [2.24, 2.45) is 5.73 Å². The molecule has 0 aliphatic carbocycles. The molecule has 84 valence electrons. The lowest BCUT2D eigenvalue weighted by Gasteiger charge is -1.95. The van der Waals surface area contributed by atoms with Crippen molar-refractivity contribution in [1.29, 1.82) is 0 Å². The van der Waals surface area contributed by atoms with E-state index in [4.69, 9.17) is 5.73 Å². The minimum absolute atomic E-state index is 0.695. The SMILES string of the molecule is Cc1nccc(-c2cc(CCCN)[nH]n2)n1. The molecule has 2 aromatic rings. The van der Waals surface area contributed by atoms with E-state index in [1.807, 2.05) is 19.1 Å². The van der Waals surface area contributed by atoms with Gasteiger partial charge in [0.05, 0.1) is 5.69 Å². The first-order valence-electron chi connectivity index (χ1n) is 5.34. The molecule has 0 aliphatic heterocycles. The smallest absolute Gasteiger partial charge is 0.125 e. The maximum atomic E-state index is 5.46. The van der Waals surface area contributed by atoms with Crippen LogP contribution in [0.3, 0.4) is 0 Å². The summed E-state index contributed by atoms with van der Waals surface area (Å²) < 4.78 is 0. The zero-order valence-electron chi connectivity index (χ0n) is 9.27. The fourth-order valence-electron chi connectivity index (χ4n) is 1.51. The molecule has 3 N–H and O–H groups in total. The number of nitrogens with two attached hydrogens (primary N) is 1. The van der Waals surface area contributed by atoms with E-state index in [-0.39, 0.29) is 0 Å². The van der Waals surface area contributed by atoms with Crippen molar-refractivity contribution in [3.8, 4) is 11.4 Å². The zero-order chi connectivity index (χ0) is 11.4. The molecule has 0 fully saturated rings. The summed E-state index contributed by atoms with van der Waals surface area (Å²) in [5.41, 5.74) is 8.26. The van der Waals surface area contributed by atoms with E-state index < -0.39 is 0 Å². The quantitative estimate of drug-likeness (QED) is 0.802. The normalized spacial score (nSPS) is 10.6. The third-order valence-corrected chi connectivity index (χ3v) is 2.32. The Morgan fingerprint density at radius 1 is 1.38 bits per heavy atom. The van der Waals surface area contributed by atoms with Gasteiger partial charge in [0.1, 0.15) is 11.5 Å². The van der Waals surface area contributed by atoms with Gasteiger partial charge in [-0.25, -0.2) is 9.97 Å². The van der Waals surface area contributed by atoms with Crippen LogP contribution in [0.1, 0.15) is 17.9 Å². The van der Waals surface area contributed by atoms with Gasteiger partial charge in [-0.05, 0) is 38.4 Å². The van der Waals surface area contributed by atoms with Crippen molar-refractivity contribution in [1.82, 2.24) is 20.2 Å². The van der Waals surface area contributed by atoms with Gasteiger partial charge in [-0.1, -0.05) is 0 Å². The molecule has 2 heterocycles. The van der Waals surface area contributed by atoms with Crippen LogP contribution in [0.5, 0.6) is 0 Å². The Morgan fingerprint density at radius 2 is 2.25 bits per heavy atom. The summed E-state index contributed by atoms with van der Waals surface area (Å²) in [7, 11) is 0. The Morgan fingerprint density at radius 3 is 3.00 bits per heavy atom. The van der Waals surface area contributed by atoms with Crippen LogP contribution >= 0.6 is 0 Å². The van der Waals surface area contributed by atoms with Gasteiger partial charge in [-0.2, -0.15) is 5.10 Å². The number of aryl methyl sites for hydroxylation is 2. The number of aromatic amines is 1. The minimum atomic E-state index is 0.695. The average Bonchev–Trinajstić information content (AvgIpc) is 2.75. The van der Waals surface area contributed by atoms with E-state index in [1.165, 1.54) is 0 Å². The van der Waals surface area contributed by atoms with Gasteiger partial charge in [0.2, 0.25) is 0 Å². The molecule has 0 aromatic carbocycles. The number of aromatic nitrogens is 4. The number of nitrogens with zero attached hydrogens (tertiary/aromatic N) is 3. The van der Waals surface area contributed by atoms with Crippen LogP contribution in [0, 0.1) is 6.92 Å². The molecule has 5 heteroatoms. The molecule has 0 spiro atoms. The first-order valence-corrected chi connectivity index (χ1v) is 5.34. The number of rotatable bonds is 4. The number of nitrogens with one attached hydrogen (secondary N) is 1. The Labute approximate surface area is 94.1 Å². The highest BCUT2D eigenvalue weighted by molar-refractivity contribution is 5.53. The number of H-pyrrole nitrogens is 1. The lowest BCUT2D eigenvalue weighted by Crippen LogP contribution is -2.00. The molecule has 0 unspecified atom stereocenters. The molecule has 0 atom stereocenters. The number of hydrogen-bond acceptors (Lipinski definition) is 4. The van der Waals surface area contributed by atoms with Gasteiger partial charge in [0.15, 0.2) is 0 Å².